The Labute approximate surface area is 143 Å². The first-order chi connectivity index (χ1) is 10.9. The highest BCUT2D eigenvalue weighted by Crippen LogP contribution is 2.43. The van der Waals surface area contributed by atoms with Crippen molar-refractivity contribution < 1.29 is 19.1 Å². The Morgan fingerprint density at radius 2 is 1.65 bits per heavy atom. The number of nitrogens with one attached hydrogen (secondary N) is 1. The molecule has 0 saturated carbocycles. The summed E-state index contributed by atoms with van der Waals surface area (Å²) in [7, 11) is 2.53. The van der Waals surface area contributed by atoms with Crippen molar-refractivity contribution in [3.63, 3.8) is 0 Å². The molecule has 1 N–H and O–H groups in total. The van der Waals surface area contributed by atoms with E-state index in [-0.39, 0.29) is 11.1 Å². The third kappa shape index (κ3) is 3.21. The van der Waals surface area contributed by atoms with Crippen molar-refractivity contribution in [1.82, 2.24) is 5.32 Å². The average Bonchev–Trinajstić information content (AvgIpc) is 2.53. The molecule has 23 heavy (non-hydrogen) atoms. The van der Waals surface area contributed by atoms with Gasteiger partial charge in [0.1, 0.15) is 0 Å². The summed E-state index contributed by atoms with van der Waals surface area (Å²) in [5.74, 6) is -1.95. The lowest BCUT2D eigenvalue weighted by Gasteiger charge is -2.28. The molecule has 0 spiro atoms. The minimum Gasteiger partial charge on any atom is -0.466 e. The number of benzene rings is 1. The van der Waals surface area contributed by atoms with Gasteiger partial charge in [-0.3, -0.25) is 0 Å². The number of dihydropyridines is 1. The second-order valence-electron chi connectivity index (χ2n) is 4.83. The minimum atomic E-state index is -0.780. The Morgan fingerprint density at radius 1 is 1.09 bits per heavy atom. The van der Waals surface area contributed by atoms with Gasteiger partial charge in [0.05, 0.1) is 31.3 Å². The summed E-state index contributed by atoms with van der Waals surface area (Å²) >= 11 is 12.6. The Bertz CT molecular complexity index is 705. The smallest absolute Gasteiger partial charge is 0.336 e. The van der Waals surface area contributed by atoms with Gasteiger partial charge in [-0.1, -0.05) is 29.3 Å². The molecule has 1 heterocycles. The summed E-state index contributed by atoms with van der Waals surface area (Å²) in [5, 5.41) is 3.56. The lowest BCUT2D eigenvalue weighted by Crippen LogP contribution is -2.29. The summed E-state index contributed by atoms with van der Waals surface area (Å²) in [5.41, 5.74) is 1.47. The van der Waals surface area contributed by atoms with Gasteiger partial charge >= 0.3 is 11.9 Å². The Balaban J connectivity index is 2.72. The summed E-state index contributed by atoms with van der Waals surface area (Å²) < 4.78 is 9.66. The summed E-state index contributed by atoms with van der Waals surface area (Å²) in [6.07, 6.45) is 1.48. The molecule has 1 aromatic rings. The third-order valence-electron chi connectivity index (χ3n) is 3.56. The topological polar surface area (TPSA) is 64.6 Å². The van der Waals surface area contributed by atoms with E-state index in [1.54, 1.807) is 25.1 Å². The molecule has 1 unspecified atom stereocenters. The van der Waals surface area contributed by atoms with Crippen molar-refractivity contribution in [2.24, 2.45) is 0 Å². The van der Waals surface area contributed by atoms with Gasteiger partial charge in [0.2, 0.25) is 0 Å². The summed E-state index contributed by atoms with van der Waals surface area (Å²) in [6, 6.07) is 4.97. The number of ether oxygens (including phenoxy) is 2. The van der Waals surface area contributed by atoms with Crippen LogP contribution < -0.4 is 5.32 Å². The lowest BCUT2D eigenvalue weighted by atomic mass is 9.82. The van der Waals surface area contributed by atoms with Crippen LogP contribution in [0.1, 0.15) is 18.4 Å². The zero-order valence-electron chi connectivity index (χ0n) is 12.8. The van der Waals surface area contributed by atoms with Crippen molar-refractivity contribution in [3.8, 4) is 0 Å². The maximum Gasteiger partial charge on any atom is 0.336 e. The van der Waals surface area contributed by atoms with Crippen LogP contribution in [0.3, 0.4) is 0 Å². The number of esters is 2. The molecule has 0 fully saturated rings. The average molecular weight is 356 g/mol. The minimum absolute atomic E-state index is 0.216. The molecule has 1 atom stereocenters. The Morgan fingerprint density at radius 3 is 2.17 bits per heavy atom. The van der Waals surface area contributed by atoms with Crippen LogP contribution in [0, 0.1) is 0 Å². The molecule has 0 radical (unpaired) electrons. The lowest BCUT2D eigenvalue weighted by molar-refractivity contribution is -0.137. The highest BCUT2D eigenvalue weighted by molar-refractivity contribution is 6.36. The van der Waals surface area contributed by atoms with Crippen molar-refractivity contribution in [2.75, 3.05) is 14.2 Å². The summed E-state index contributed by atoms with van der Waals surface area (Å²) in [6.45, 7) is 1.70. The third-order valence-corrected chi connectivity index (χ3v) is 4.22. The second kappa shape index (κ2) is 7.06. The van der Waals surface area contributed by atoms with E-state index in [2.05, 4.69) is 5.32 Å². The van der Waals surface area contributed by atoms with Gasteiger partial charge in [0, 0.05) is 27.5 Å². The van der Waals surface area contributed by atoms with E-state index in [9.17, 15) is 9.59 Å². The first-order valence-corrected chi connectivity index (χ1v) is 7.45. The monoisotopic (exact) mass is 355 g/mol. The highest BCUT2D eigenvalue weighted by Gasteiger charge is 2.37. The fourth-order valence-corrected chi connectivity index (χ4v) is 3.10. The number of hydrogen-bond acceptors (Lipinski definition) is 5. The quantitative estimate of drug-likeness (QED) is 0.843. The molecule has 0 amide bonds. The van der Waals surface area contributed by atoms with Gasteiger partial charge in [-0.25, -0.2) is 9.59 Å². The van der Waals surface area contributed by atoms with E-state index in [4.69, 9.17) is 32.7 Å². The normalized spacial score (nSPS) is 17.3. The number of methoxy groups -OCH3 is 2. The zero-order chi connectivity index (χ0) is 17.1. The fraction of sp³-hybridized carbons (Fsp3) is 0.250. The van der Waals surface area contributed by atoms with Gasteiger partial charge in [0.25, 0.3) is 0 Å². The first kappa shape index (κ1) is 17.4. The predicted octanol–water partition coefficient (Wildman–Crippen LogP) is 3.18. The van der Waals surface area contributed by atoms with E-state index >= 15 is 0 Å². The van der Waals surface area contributed by atoms with E-state index in [1.165, 1.54) is 20.4 Å². The molecular weight excluding hydrogens is 341 g/mol. The van der Waals surface area contributed by atoms with Crippen LogP contribution in [-0.2, 0) is 19.1 Å². The standard InChI is InChI=1S/C16H15Cl2NO4/c1-8-12(16(21)23-3)13(9(7-19-8)15(20)22-2)14-10(17)5-4-6-11(14)18/h4-7,13,19H,1-3H3. The van der Waals surface area contributed by atoms with Crippen LogP contribution in [0.2, 0.25) is 10.0 Å². The van der Waals surface area contributed by atoms with E-state index in [0.717, 1.165) is 0 Å². The molecule has 1 aliphatic rings. The van der Waals surface area contributed by atoms with Gasteiger partial charge in [-0.2, -0.15) is 0 Å². The van der Waals surface area contributed by atoms with Gasteiger partial charge in [-0.15, -0.1) is 0 Å². The Hall–Kier alpha value is -1.98. The number of rotatable bonds is 3. The SMILES string of the molecule is COC(=O)C1=CNC(C)=C(C(=O)OC)C1c1c(Cl)cccc1Cl. The van der Waals surface area contributed by atoms with Crippen molar-refractivity contribution in [3.05, 3.63) is 56.9 Å². The van der Waals surface area contributed by atoms with Crippen molar-refractivity contribution in [1.29, 1.82) is 0 Å². The molecular formula is C16H15Cl2NO4. The number of carbonyl (C=O) groups excluding carboxylic acids is 2. The molecule has 1 aromatic carbocycles. The molecule has 7 heteroatoms. The van der Waals surface area contributed by atoms with Gasteiger partial charge in [-0.05, 0) is 19.1 Å². The second-order valence-corrected chi connectivity index (χ2v) is 5.65. The van der Waals surface area contributed by atoms with Crippen LogP contribution >= 0.6 is 23.2 Å². The van der Waals surface area contributed by atoms with Crippen LogP contribution in [0.4, 0.5) is 0 Å². The maximum atomic E-state index is 12.3. The molecule has 122 valence electrons. The van der Waals surface area contributed by atoms with Gasteiger partial charge in [0.15, 0.2) is 0 Å². The van der Waals surface area contributed by atoms with Crippen molar-refractivity contribution in [2.45, 2.75) is 12.8 Å². The number of carbonyl (C=O) groups is 2. The number of halogens is 2. The maximum absolute atomic E-state index is 12.3. The molecule has 0 bridgehead atoms. The molecule has 0 aliphatic carbocycles. The largest absolute Gasteiger partial charge is 0.466 e. The molecule has 1 aliphatic heterocycles. The predicted molar refractivity (Wildman–Crippen MR) is 87.2 cm³/mol. The molecule has 2 rings (SSSR count). The fourth-order valence-electron chi connectivity index (χ4n) is 2.48. The number of allylic oxidation sites excluding steroid dienone is 1. The van der Waals surface area contributed by atoms with Crippen molar-refractivity contribution >= 4 is 35.1 Å². The zero-order valence-corrected chi connectivity index (χ0v) is 14.3. The Kier molecular flexibility index (Phi) is 5.34. The summed E-state index contributed by atoms with van der Waals surface area (Å²) in [4.78, 5) is 24.4. The van der Waals surface area contributed by atoms with Crippen LogP contribution in [0.5, 0.6) is 0 Å². The van der Waals surface area contributed by atoms with E-state index in [1.807, 2.05) is 0 Å². The highest BCUT2D eigenvalue weighted by atomic mass is 35.5. The van der Waals surface area contributed by atoms with Crippen LogP contribution in [-0.4, -0.2) is 26.2 Å². The van der Waals surface area contributed by atoms with Gasteiger partial charge < -0.3 is 14.8 Å². The van der Waals surface area contributed by atoms with E-state index < -0.39 is 17.9 Å². The van der Waals surface area contributed by atoms with E-state index in [0.29, 0.717) is 21.3 Å². The molecule has 0 saturated heterocycles. The first-order valence-electron chi connectivity index (χ1n) is 6.70. The molecule has 5 nitrogen and oxygen atoms in total. The molecule has 0 aromatic heterocycles. The van der Waals surface area contributed by atoms with Crippen LogP contribution in [0.15, 0.2) is 41.2 Å². The van der Waals surface area contributed by atoms with Crippen LogP contribution in [0.25, 0.3) is 0 Å². The number of hydrogen-bond donors (Lipinski definition) is 1.